The quantitative estimate of drug-likeness (QED) is 0.570. The summed E-state index contributed by atoms with van der Waals surface area (Å²) in [5, 5.41) is 0.415. The van der Waals surface area contributed by atoms with Gasteiger partial charge in [-0.25, -0.2) is 0 Å². The lowest BCUT2D eigenvalue weighted by Crippen LogP contribution is -2.10. The molecule has 0 heterocycles. The maximum absolute atomic E-state index is 10.9. The van der Waals surface area contributed by atoms with Crippen LogP contribution in [0.2, 0.25) is 5.02 Å². The molecule has 0 saturated heterocycles. The van der Waals surface area contributed by atoms with E-state index in [1.54, 1.807) is 18.2 Å². The minimum atomic E-state index is 0.306. The number of benzene rings is 2. The van der Waals surface area contributed by atoms with Crippen molar-refractivity contribution in [2.24, 2.45) is 0 Å². The average molecular weight is 356 g/mol. The van der Waals surface area contributed by atoms with Crippen LogP contribution in [0, 0.1) is 0 Å². The Hall–Kier alpha value is -1.52. The number of carbonyl (C=O) groups is 1. The van der Waals surface area contributed by atoms with Gasteiger partial charge in [-0.05, 0) is 36.4 Å². The first-order chi connectivity index (χ1) is 9.70. The third-order valence-corrected chi connectivity index (χ3v) is 3.36. The van der Waals surface area contributed by atoms with Gasteiger partial charge in [-0.1, -0.05) is 33.6 Å². The highest BCUT2D eigenvalue weighted by molar-refractivity contribution is 9.10. The van der Waals surface area contributed by atoms with Crippen LogP contribution in [0.1, 0.15) is 10.4 Å². The summed E-state index contributed by atoms with van der Waals surface area (Å²) >= 11 is 9.35. The highest BCUT2D eigenvalue weighted by Gasteiger charge is 2.07. The van der Waals surface area contributed by atoms with E-state index in [9.17, 15) is 4.79 Å². The van der Waals surface area contributed by atoms with Crippen LogP contribution >= 0.6 is 27.5 Å². The van der Waals surface area contributed by atoms with Crippen LogP contribution < -0.4 is 9.47 Å². The molecule has 5 heteroatoms. The maximum Gasteiger partial charge on any atom is 0.153 e. The lowest BCUT2D eigenvalue weighted by Gasteiger charge is -2.11. The summed E-state index contributed by atoms with van der Waals surface area (Å²) < 4.78 is 12.0. The van der Waals surface area contributed by atoms with E-state index in [1.807, 2.05) is 24.3 Å². The van der Waals surface area contributed by atoms with Crippen molar-refractivity contribution in [2.75, 3.05) is 13.2 Å². The highest BCUT2D eigenvalue weighted by atomic mass is 79.9. The van der Waals surface area contributed by atoms with E-state index >= 15 is 0 Å². The highest BCUT2D eigenvalue weighted by Crippen LogP contribution is 2.27. The Bertz CT molecular complexity index is 584. The molecule has 2 aromatic carbocycles. The van der Waals surface area contributed by atoms with Gasteiger partial charge in [-0.3, -0.25) is 4.79 Å². The Morgan fingerprint density at radius 3 is 2.45 bits per heavy atom. The second-order valence-electron chi connectivity index (χ2n) is 3.93. The number of hydrogen-bond acceptors (Lipinski definition) is 3. The molecular formula is C15H12BrClO3. The maximum atomic E-state index is 10.9. The summed E-state index contributed by atoms with van der Waals surface area (Å²) in [5.74, 6) is 1.15. The molecule has 0 amide bonds. The molecule has 0 aliphatic heterocycles. The smallest absolute Gasteiger partial charge is 0.153 e. The average Bonchev–Trinajstić information content (AvgIpc) is 2.46. The van der Waals surface area contributed by atoms with Gasteiger partial charge in [0.05, 0.1) is 10.6 Å². The predicted molar refractivity (Wildman–Crippen MR) is 82.0 cm³/mol. The van der Waals surface area contributed by atoms with Crippen molar-refractivity contribution in [3.63, 3.8) is 0 Å². The van der Waals surface area contributed by atoms with Crippen molar-refractivity contribution < 1.29 is 14.3 Å². The van der Waals surface area contributed by atoms with Crippen LogP contribution in [0.5, 0.6) is 11.5 Å². The molecule has 0 unspecified atom stereocenters. The van der Waals surface area contributed by atoms with Crippen LogP contribution in [-0.2, 0) is 0 Å². The fourth-order valence-electron chi connectivity index (χ4n) is 1.60. The van der Waals surface area contributed by atoms with Crippen LogP contribution in [0.25, 0.3) is 0 Å². The van der Waals surface area contributed by atoms with Crippen LogP contribution in [-0.4, -0.2) is 19.5 Å². The molecule has 0 radical (unpaired) electrons. The molecule has 3 nitrogen and oxygen atoms in total. The van der Waals surface area contributed by atoms with Gasteiger partial charge in [-0.2, -0.15) is 0 Å². The van der Waals surface area contributed by atoms with Gasteiger partial charge in [-0.15, -0.1) is 0 Å². The number of halogens is 2. The summed E-state index contributed by atoms with van der Waals surface area (Å²) in [6.07, 6.45) is 0.719. The van der Waals surface area contributed by atoms with Gasteiger partial charge < -0.3 is 9.47 Å². The van der Waals surface area contributed by atoms with Crippen molar-refractivity contribution in [1.29, 1.82) is 0 Å². The van der Waals surface area contributed by atoms with E-state index in [1.165, 1.54) is 0 Å². The molecule has 0 aliphatic carbocycles. The monoisotopic (exact) mass is 354 g/mol. The summed E-state index contributed by atoms with van der Waals surface area (Å²) in [7, 11) is 0. The first-order valence-corrected chi connectivity index (χ1v) is 7.12. The fraction of sp³-hybridized carbons (Fsp3) is 0.133. The van der Waals surface area contributed by atoms with E-state index in [0.717, 1.165) is 16.5 Å². The van der Waals surface area contributed by atoms with Gasteiger partial charge in [0.2, 0.25) is 0 Å². The Morgan fingerprint density at radius 1 is 1.05 bits per heavy atom. The van der Waals surface area contributed by atoms with Crippen LogP contribution in [0.15, 0.2) is 46.9 Å². The second kappa shape index (κ2) is 7.31. The van der Waals surface area contributed by atoms with E-state index in [4.69, 9.17) is 21.1 Å². The molecule has 2 aromatic rings. The minimum Gasteiger partial charge on any atom is -0.490 e. The predicted octanol–water partition coefficient (Wildman–Crippen LogP) is 4.37. The van der Waals surface area contributed by atoms with Crippen molar-refractivity contribution in [2.45, 2.75) is 0 Å². The number of aldehydes is 1. The molecule has 0 saturated carbocycles. The molecule has 0 bridgehead atoms. The van der Waals surface area contributed by atoms with Crippen LogP contribution in [0.4, 0.5) is 0 Å². The summed E-state index contributed by atoms with van der Waals surface area (Å²) in [6.45, 7) is 0.672. The van der Waals surface area contributed by atoms with Gasteiger partial charge >= 0.3 is 0 Å². The topological polar surface area (TPSA) is 35.5 Å². The number of hydrogen-bond donors (Lipinski definition) is 0. The van der Waals surface area contributed by atoms with Crippen molar-refractivity contribution in [3.8, 4) is 11.5 Å². The molecule has 0 N–H and O–H groups in total. The zero-order valence-electron chi connectivity index (χ0n) is 10.5. The zero-order chi connectivity index (χ0) is 14.4. The molecule has 0 aliphatic rings. The van der Waals surface area contributed by atoms with Crippen molar-refractivity contribution in [3.05, 3.63) is 57.5 Å². The number of para-hydroxylation sites is 1. The van der Waals surface area contributed by atoms with E-state index in [-0.39, 0.29) is 0 Å². The first kappa shape index (κ1) is 14.9. The van der Waals surface area contributed by atoms with E-state index in [2.05, 4.69) is 15.9 Å². The number of carbonyl (C=O) groups excluding carboxylic acids is 1. The normalized spacial score (nSPS) is 10.1. The molecule has 0 aromatic heterocycles. The fourth-order valence-corrected chi connectivity index (χ4v) is 2.11. The Labute approximate surface area is 130 Å². The SMILES string of the molecule is O=Cc1cccc(Cl)c1OCCOc1ccc(Br)cc1. The molecule has 104 valence electrons. The third kappa shape index (κ3) is 3.99. The second-order valence-corrected chi connectivity index (χ2v) is 5.25. The summed E-state index contributed by atoms with van der Waals surface area (Å²) in [6, 6.07) is 12.6. The Balaban J connectivity index is 1.87. The number of ether oxygens (including phenoxy) is 2. The molecule has 0 spiro atoms. The van der Waals surface area contributed by atoms with E-state index in [0.29, 0.717) is 29.5 Å². The largest absolute Gasteiger partial charge is 0.490 e. The lowest BCUT2D eigenvalue weighted by molar-refractivity contribution is 0.111. The first-order valence-electron chi connectivity index (χ1n) is 5.95. The molecule has 0 fully saturated rings. The van der Waals surface area contributed by atoms with Crippen LogP contribution in [0.3, 0.4) is 0 Å². The van der Waals surface area contributed by atoms with Crippen molar-refractivity contribution >= 4 is 33.8 Å². The summed E-state index contributed by atoms with van der Waals surface area (Å²) in [5.41, 5.74) is 0.432. The van der Waals surface area contributed by atoms with Gasteiger partial charge in [0.1, 0.15) is 24.7 Å². The Morgan fingerprint density at radius 2 is 1.75 bits per heavy atom. The Kier molecular flexibility index (Phi) is 5.44. The third-order valence-electron chi connectivity index (χ3n) is 2.54. The zero-order valence-corrected chi connectivity index (χ0v) is 12.9. The molecular weight excluding hydrogens is 344 g/mol. The molecule has 20 heavy (non-hydrogen) atoms. The lowest BCUT2D eigenvalue weighted by atomic mass is 10.2. The van der Waals surface area contributed by atoms with Crippen molar-refractivity contribution in [1.82, 2.24) is 0 Å². The van der Waals surface area contributed by atoms with Gasteiger partial charge in [0.25, 0.3) is 0 Å². The van der Waals surface area contributed by atoms with Gasteiger partial charge in [0, 0.05) is 4.47 Å². The molecule has 2 rings (SSSR count). The minimum absolute atomic E-state index is 0.306. The standard InChI is InChI=1S/C15H12BrClO3/c16-12-4-6-13(7-5-12)19-8-9-20-15-11(10-18)2-1-3-14(15)17/h1-7,10H,8-9H2. The van der Waals surface area contributed by atoms with E-state index < -0.39 is 0 Å². The van der Waals surface area contributed by atoms with Gasteiger partial charge in [0.15, 0.2) is 6.29 Å². The number of rotatable bonds is 6. The summed E-state index contributed by atoms with van der Waals surface area (Å²) in [4.78, 5) is 10.9. The molecule has 0 atom stereocenters.